The average molecular weight is 410 g/mol. The molecule has 3 rings (SSSR count). The first kappa shape index (κ1) is 15.9. The predicted molar refractivity (Wildman–Crippen MR) is 98.9 cm³/mol. The fourth-order valence-corrected chi connectivity index (χ4v) is 4.13. The largest absolute Gasteiger partial charge is 0.507 e. The van der Waals surface area contributed by atoms with Gasteiger partial charge in [-0.25, -0.2) is 0 Å². The van der Waals surface area contributed by atoms with Gasteiger partial charge in [0.05, 0.1) is 0 Å². The number of benzene rings is 1. The van der Waals surface area contributed by atoms with Gasteiger partial charge in [0.25, 0.3) is 0 Å². The van der Waals surface area contributed by atoms with Gasteiger partial charge in [0.2, 0.25) is 0 Å². The van der Waals surface area contributed by atoms with E-state index in [0.29, 0.717) is 11.7 Å². The molecule has 118 valence electrons. The molecule has 1 aliphatic heterocycles. The van der Waals surface area contributed by atoms with Crippen LogP contribution in [0.25, 0.3) is 0 Å². The molecule has 1 aromatic carbocycles. The highest BCUT2D eigenvalue weighted by Gasteiger charge is 2.36. The number of allylic oxidation sites excluding steroid dienone is 3. The minimum Gasteiger partial charge on any atom is -0.507 e. The molecule has 1 aromatic rings. The molecule has 2 nitrogen and oxygen atoms in total. The van der Waals surface area contributed by atoms with E-state index in [2.05, 4.69) is 48.2 Å². The van der Waals surface area contributed by atoms with E-state index in [1.165, 1.54) is 16.4 Å². The number of ether oxygens (including phenoxy) is 1. The van der Waals surface area contributed by atoms with Crippen LogP contribution >= 0.6 is 22.6 Å². The molecule has 0 amide bonds. The Hall–Kier alpha value is -0.970. The molecule has 0 unspecified atom stereocenters. The third-order valence-corrected chi connectivity index (χ3v) is 5.53. The van der Waals surface area contributed by atoms with Crippen molar-refractivity contribution in [2.24, 2.45) is 5.92 Å². The Morgan fingerprint density at radius 3 is 2.95 bits per heavy atom. The van der Waals surface area contributed by atoms with E-state index in [0.717, 1.165) is 48.3 Å². The van der Waals surface area contributed by atoms with Gasteiger partial charge in [-0.15, -0.1) is 0 Å². The fraction of sp³-hybridized carbons (Fsp3) is 0.474. The second kappa shape index (κ2) is 6.65. The summed E-state index contributed by atoms with van der Waals surface area (Å²) in [6, 6.07) is 4.03. The zero-order valence-electron chi connectivity index (χ0n) is 13.1. The molecule has 2 aliphatic rings. The molecule has 0 bridgehead atoms. The lowest BCUT2D eigenvalue weighted by Crippen LogP contribution is -2.25. The van der Waals surface area contributed by atoms with Crippen LogP contribution in [0.2, 0.25) is 0 Å². The Kier molecular flexibility index (Phi) is 4.81. The van der Waals surface area contributed by atoms with Gasteiger partial charge in [-0.05, 0) is 61.2 Å². The Labute approximate surface area is 146 Å². The molecule has 22 heavy (non-hydrogen) atoms. The van der Waals surface area contributed by atoms with E-state index in [1.54, 1.807) is 0 Å². The Balaban J connectivity index is 1.95. The first-order valence-electron chi connectivity index (χ1n) is 8.06. The van der Waals surface area contributed by atoms with Gasteiger partial charge < -0.3 is 9.84 Å². The molecule has 2 atom stereocenters. The summed E-state index contributed by atoms with van der Waals surface area (Å²) in [6.07, 6.45) is 7.78. The van der Waals surface area contributed by atoms with Gasteiger partial charge in [-0.3, -0.25) is 0 Å². The van der Waals surface area contributed by atoms with E-state index < -0.39 is 0 Å². The Bertz CT molecular complexity index is 618. The van der Waals surface area contributed by atoms with E-state index in [4.69, 9.17) is 4.74 Å². The first-order valence-corrected chi connectivity index (χ1v) is 9.58. The summed E-state index contributed by atoms with van der Waals surface area (Å²) in [7, 11) is 0. The minimum absolute atomic E-state index is 0.216. The van der Waals surface area contributed by atoms with E-state index in [9.17, 15) is 5.11 Å². The molecule has 0 fully saturated rings. The van der Waals surface area contributed by atoms with Crippen molar-refractivity contribution in [2.75, 3.05) is 4.43 Å². The van der Waals surface area contributed by atoms with Crippen LogP contribution in [0.1, 0.15) is 49.7 Å². The topological polar surface area (TPSA) is 29.5 Å². The van der Waals surface area contributed by atoms with E-state index in [1.807, 2.05) is 6.07 Å². The molecule has 0 saturated heterocycles. The molecule has 0 aromatic heterocycles. The highest BCUT2D eigenvalue weighted by molar-refractivity contribution is 14.1. The summed E-state index contributed by atoms with van der Waals surface area (Å²) >= 11 is 2.40. The smallest absolute Gasteiger partial charge is 0.134 e. The van der Waals surface area contributed by atoms with Crippen molar-refractivity contribution in [3.8, 4) is 11.5 Å². The van der Waals surface area contributed by atoms with Gasteiger partial charge >= 0.3 is 0 Å². The Morgan fingerprint density at radius 2 is 2.18 bits per heavy atom. The molecule has 0 spiro atoms. The summed E-state index contributed by atoms with van der Waals surface area (Å²) in [5.41, 5.74) is 3.50. The molecule has 0 radical (unpaired) electrons. The first-order chi connectivity index (χ1) is 10.6. The number of unbranched alkanes of at least 4 members (excludes halogenated alkanes) is 1. The zero-order chi connectivity index (χ0) is 15.7. The molecule has 0 saturated carbocycles. The molecule has 1 N–H and O–H groups in total. The van der Waals surface area contributed by atoms with Gasteiger partial charge in [-0.1, -0.05) is 40.8 Å². The lowest BCUT2D eigenvalue weighted by Gasteiger charge is -2.37. The molecular formula is C19H23IO2. The number of fused-ring (bicyclic) bond motifs is 3. The van der Waals surface area contributed by atoms with Crippen molar-refractivity contribution in [1.29, 1.82) is 0 Å². The van der Waals surface area contributed by atoms with Crippen molar-refractivity contribution >= 4 is 22.6 Å². The number of rotatable bonds is 4. The maximum atomic E-state index is 10.6. The SMILES string of the molecule is C=C1Oc2cc(CCCCI)cc(O)c2[C@@H]2C=C(C)CC[C@@H]12. The van der Waals surface area contributed by atoms with Crippen LogP contribution in [-0.2, 0) is 6.42 Å². The monoisotopic (exact) mass is 410 g/mol. The molecule has 3 heteroatoms. The zero-order valence-corrected chi connectivity index (χ0v) is 15.2. The standard InChI is InChI=1S/C19H23IO2/c1-12-6-7-15-13(2)22-18-11-14(5-3-4-8-20)10-17(21)19(18)16(15)9-12/h9-11,15-16,21H,2-8H2,1H3/t15-,16+/m0/s1. The number of phenolic OH excluding ortho intramolecular Hbond substituents is 1. The number of hydrogen-bond acceptors (Lipinski definition) is 2. The second-order valence-corrected chi connectivity index (χ2v) is 7.50. The fourth-order valence-electron chi connectivity index (χ4n) is 3.59. The molecule has 1 aliphatic carbocycles. The summed E-state index contributed by atoms with van der Waals surface area (Å²) < 4.78 is 7.16. The third-order valence-electron chi connectivity index (χ3n) is 4.76. The maximum Gasteiger partial charge on any atom is 0.134 e. The third kappa shape index (κ3) is 3.05. The van der Waals surface area contributed by atoms with Crippen LogP contribution < -0.4 is 4.74 Å². The lowest BCUT2D eigenvalue weighted by atomic mass is 9.74. The summed E-state index contributed by atoms with van der Waals surface area (Å²) in [5.74, 6) is 2.56. The van der Waals surface area contributed by atoms with E-state index in [-0.39, 0.29) is 5.92 Å². The van der Waals surface area contributed by atoms with Crippen LogP contribution in [0.15, 0.2) is 36.1 Å². The highest BCUT2D eigenvalue weighted by atomic mass is 127. The van der Waals surface area contributed by atoms with Crippen molar-refractivity contribution in [3.05, 3.63) is 47.2 Å². The quantitative estimate of drug-likeness (QED) is 0.308. The highest BCUT2D eigenvalue weighted by Crippen LogP contribution is 2.51. The number of alkyl halides is 1. The Morgan fingerprint density at radius 1 is 1.36 bits per heavy atom. The van der Waals surface area contributed by atoms with Crippen LogP contribution in [0.5, 0.6) is 11.5 Å². The van der Waals surface area contributed by atoms with Crippen LogP contribution in [0.4, 0.5) is 0 Å². The van der Waals surface area contributed by atoms with Crippen LogP contribution in [0, 0.1) is 5.92 Å². The van der Waals surface area contributed by atoms with Crippen molar-refractivity contribution in [2.45, 2.75) is 44.9 Å². The second-order valence-electron chi connectivity index (χ2n) is 6.43. The number of hydrogen-bond donors (Lipinski definition) is 1. The van der Waals surface area contributed by atoms with Crippen LogP contribution in [-0.4, -0.2) is 9.53 Å². The summed E-state index contributed by atoms with van der Waals surface area (Å²) in [5, 5.41) is 10.6. The van der Waals surface area contributed by atoms with Gasteiger partial charge in [0.15, 0.2) is 0 Å². The van der Waals surface area contributed by atoms with Crippen molar-refractivity contribution < 1.29 is 9.84 Å². The van der Waals surface area contributed by atoms with Gasteiger partial charge in [0.1, 0.15) is 17.3 Å². The predicted octanol–water partition coefficient (Wildman–Crippen LogP) is 5.50. The number of aryl methyl sites for hydroxylation is 1. The van der Waals surface area contributed by atoms with E-state index >= 15 is 0 Å². The maximum absolute atomic E-state index is 10.6. The lowest BCUT2D eigenvalue weighted by molar-refractivity contribution is 0.275. The number of halogens is 1. The van der Waals surface area contributed by atoms with Crippen molar-refractivity contribution in [1.82, 2.24) is 0 Å². The van der Waals surface area contributed by atoms with Crippen molar-refractivity contribution in [3.63, 3.8) is 0 Å². The molecule has 1 heterocycles. The summed E-state index contributed by atoms with van der Waals surface area (Å²) in [6.45, 7) is 6.29. The minimum atomic E-state index is 0.216. The molecular weight excluding hydrogens is 387 g/mol. The van der Waals surface area contributed by atoms with Gasteiger partial charge in [0, 0.05) is 17.4 Å². The number of aromatic hydroxyl groups is 1. The average Bonchev–Trinajstić information content (AvgIpc) is 2.46. The van der Waals surface area contributed by atoms with Gasteiger partial charge in [-0.2, -0.15) is 0 Å². The summed E-state index contributed by atoms with van der Waals surface area (Å²) in [4.78, 5) is 0. The van der Waals surface area contributed by atoms with Crippen LogP contribution in [0.3, 0.4) is 0 Å². The number of phenols is 1. The normalized spacial score (nSPS) is 23.4.